The molecule has 0 aliphatic rings. The van der Waals surface area contributed by atoms with E-state index in [1.807, 2.05) is 0 Å². The normalized spacial score (nSPS) is 14.2. The molecule has 0 amide bonds. The Morgan fingerprint density at radius 2 is 0.535 bits per heavy atom. The number of aliphatic hydroxyl groups excluding tert-OH is 1. The predicted octanol–water partition coefficient (Wildman–Crippen LogP) is 19.0. The Bertz CT molecular complexity index is 1670. The molecule has 0 aliphatic carbocycles. The fourth-order valence-corrected chi connectivity index (χ4v) is 11.7. The van der Waals surface area contributed by atoms with Gasteiger partial charge >= 0.3 is 39.5 Å². The highest BCUT2D eigenvalue weighted by Gasteiger charge is 2.30. The standard InChI is InChI=1S/C67H130O17P2/c1-6-9-12-15-18-21-23-24-25-26-27-28-29-30-31-33-36-42-47-52-66(71)83-62(56-78-65(70)51-46-41-35-32-22-19-16-13-10-7-2)58-81-85(73,74)79-54-61(68)55-80-86(75,76)82-59-63(57-77-64(69)50-45-40-34-20-17-14-11-8-3)84-67(72)53-48-43-38-37-39-44-49-60(4)5/h60-63,68H,6-59H2,1-5H3,(H,73,74)(H,75,76)/t61-,62-,63-/m1/s1. The second-order valence-corrected chi connectivity index (χ2v) is 27.6. The highest BCUT2D eigenvalue weighted by Crippen LogP contribution is 2.45. The van der Waals surface area contributed by atoms with Crippen LogP contribution in [0.25, 0.3) is 0 Å². The minimum absolute atomic E-state index is 0.102. The SMILES string of the molecule is CCCCCCCCCCCCCCCCCCCCCC(=O)O[C@H](COC(=O)CCCCCCCCCCCC)COP(=O)(O)OC[C@@H](O)COP(=O)(O)OC[C@@H](COC(=O)CCCCCCCCCC)OC(=O)CCCCCCCCC(C)C. The average Bonchev–Trinajstić information content (AvgIpc) is 3.63. The molecule has 0 fully saturated rings. The third-order valence-electron chi connectivity index (χ3n) is 15.5. The first-order valence-electron chi connectivity index (χ1n) is 35.1. The second-order valence-electron chi connectivity index (χ2n) is 24.7. The lowest BCUT2D eigenvalue weighted by atomic mass is 10.0. The van der Waals surface area contributed by atoms with Gasteiger partial charge in [0.15, 0.2) is 12.2 Å². The predicted molar refractivity (Wildman–Crippen MR) is 345 cm³/mol. The van der Waals surface area contributed by atoms with Crippen LogP contribution in [0.4, 0.5) is 0 Å². The number of rotatable bonds is 67. The first-order valence-corrected chi connectivity index (χ1v) is 38.1. The first-order chi connectivity index (χ1) is 41.5. The Balaban J connectivity index is 5.15. The summed E-state index contributed by atoms with van der Waals surface area (Å²) in [5.74, 6) is -1.47. The van der Waals surface area contributed by atoms with Crippen molar-refractivity contribution in [2.75, 3.05) is 39.6 Å². The molecule has 2 unspecified atom stereocenters. The molecule has 510 valence electrons. The van der Waals surface area contributed by atoms with Gasteiger partial charge in [0.1, 0.15) is 19.3 Å². The van der Waals surface area contributed by atoms with Crippen molar-refractivity contribution in [1.82, 2.24) is 0 Å². The summed E-state index contributed by atoms with van der Waals surface area (Å²) in [6.45, 7) is 7.09. The molecule has 0 spiro atoms. The molecule has 0 aromatic heterocycles. The van der Waals surface area contributed by atoms with Crippen LogP contribution in [0.1, 0.15) is 343 Å². The molecular weight excluding hydrogens is 1140 g/mol. The Morgan fingerprint density at radius 3 is 0.791 bits per heavy atom. The van der Waals surface area contributed by atoms with Crippen LogP contribution in [0.2, 0.25) is 0 Å². The molecule has 19 heteroatoms. The van der Waals surface area contributed by atoms with Crippen molar-refractivity contribution in [3.63, 3.8) is 0 Å². The van der Waals surface area contributed by atoms with Crippen molar-refractivity contribution in [2.45, 2.75) is 361 Å². The van der Waals surface area contributed by atoms with Gasteiger partial charge in [-0.25, -0.2) is 9.13 Å². The van der Waals surface area contributed by atoms with Crippen molar-refractivity contribution in [3.8, 4) is 0 Å². The number of carbonyl (C=O) groups excluding carboxylic acids is 4. The second kappa shape index (κ2) is 60.6. The first kappa shape index (κ1) is 84.1. The van der Waals surface area contributed by atoms with Gasteiger partial charge in [0, 0.05) is 25.7 Å². The molecule has 86 heavy (non-hydrogen) atoms. The average molecular weight is 1270 g/mol. The number of phosphoric ester groups is 2. The molecule has 0 rings (SSSR count). The molecule has 3 N–H and O–H groups in total. The van der Waals surface area contributed by atoms with Crippen molar-refractivity contribution in [2.24, 2.45) is 5.92 Å². The zero-order chi connectivity index (χ0) is 63.5. The molecule has 0 aliphatic heterocycles. The Labute approximate surface area is 524 Å². The van der Waals surface area contributed by atoms with E-state index in [2.05, 4.69) is 34.6 Å². The summed E-state index contributed by atoms with van der Waals surface area (Å²) in [4.78, 5) is 72.2. The quantitative estimate of drug-likeness (QED) is 0.0222. The van der Waals surface area contributed by atoms with Gasteiger partial charge in [-0.3, -0.25) is 37.3 Å². The molecular formula is C67H130O17P2. The molecule has 17 nitrogen and oxygen atoms in total. The third kappa shape index (κ3) is 60.9. The largest absolute Gasteiger partial charge is 0.472 e. The highest BCUT2D eigenvalue weighted by molar-refractivity contribution is 7.47. The van der Waals surface area contributed by atoms with Crippen LogP contribution in [-0.2, 0) is 65.4 Å². The molecule has 0 aromatic rings. The Morgan fingerprint density at radius 1 is 0.314 bits per heavy atom. The van der Waals surface area contributed by atoms with Crippen LogP contribution in [0, 0.1) is 5.92 Å². The maximum Gasteiger partial charge on any atom is 0.472 e. The van der Waals surface area contributed by atoms with Crippen LogP contribution < -0.4 is 0 Å². The van der Waals surface area contributed by atoms with Gasteiger partial charge in [-0.15, -0.1) is 0 Å². The van der Waals surface area contributed by atoms with E-state index in [0.717, 1.165) is 96.3 Å². The van der Waals surface area contributed by atoms with Crippen LogP contribution >= 0.6 is 15.6 Å². The number of aliphatic hydroxyl groups is 1. The number of phosphoric acid groups is 2. The molecule has 0 bridgehead atoms. The fourth-order valence-electron chi connectivity index (χ4n) is 10.1. The zero-order valence-corrected chi connectivity index (χ0v) is 57.2. The van der Waals surface area contributed by atoms with Gasteiger partial charge < -0.3 is 33.8 Å². The van der Waals surface area contributed by atoms with Crippen LogP contribution in [0.5, 0.6) is 0 Å². The minimum atomic E-state index is -4.95. The number of ether oxygens (including phenoxy) is 4. The van der Waals surface area contributed by atoms with E-state index in [1.54, 1.807) is 0 Å². The van der Waals surface area contributed by atoms with Crippen molar-refractivity contribution < 1.29 is 80.2 Å². The van der Waals surface area contributed by atoms with Crippen LogP contribution in [-0.4, -0.2) is 96.7 Å². The van der Waals surface area contributed by atoms with E-state index in [4.69, 9.17) is 37.0 Å². The van der Waals surface area contributed by atoms with E-state index >= 15 is 0 Å². The van der Waals surface area contributed by atoms with Gasteiger partial charge in [0.05, 0.1) is 26.4 Å². The lowest BCUT2D eigenvalue weighted by molar-refractivity contribution is -0.161. The zero-order valence-electron chi connectivity index (χ0n) is 55.4. The molecule has 5 atom stereocenters. The van der Waals surface area contributed by atoms with E-state index in [0.29, 0.717) is 31.6 Å². The summed E-state index contributed by atoms with van der Waals surface area (Å²) < 4.78 is 68.0. The van der Waals surface area contributed by atoms with Crippen LogP contribution in [0.3, 0.4) is 0 Å². The lowest BCUT2D eigenvalue weighted by Gasteiger charge is -2.21. The van der Waals surface area contributed by atoms with Gasteiger partial charge in [-0.05, 0) is 31.6 Å². The minimum Gasteiger partial charge on any atom is -0.462 e. The number of unbranched alkanes of at least 4 members (excludes halogenated alkanes) is 39. The van der Waals surface area contributed by atoms with Gasteiger partial charge in [-0.2, -0.15) is 0 Å². The number of esters is 4. The van der Waals surface area contributed by atoms with Gasteiger partial charge in [0.25, 0.3) is 0 Å². The summed E-state index contributed by atoms with van der Waals surface area (Å²) in [7, 11) is -9.89. The van der Waals surface area contributed by atoms with Gasteiger partial charge in [-0.1, -0.05) is 291 Å². The smallest absolute Gasteiger partial charge is 0.462 e. The topological polar surface area (TPSA) is 237 Å². The number of hydrogen-bond acceptors (Lipinski definition) is 15. The molecule has 0 radical (unpaired) electrons. The maximum absolute atomic E-state index is 13.0. The fraction of sp³-hybridized carbons (Fsp3) is 0.940. The summed E-state index contributed by atoms with van der Waals surface area (Å²) in [6, 6.07) is 0. The van der Waals surface area contributed by atoms with E-state index < -0.39 is 97.5 Å². The molecule has 0 saturated carbocycles. The summed E-state index contributed by atoms with van der Waals surface area (Å²) in [5, 5.41) is 10.5. The Hall–Kier alpha value is -1.94. The number of carbonyl (C=O) groups is 4. The van der Waals surface area contributed by atoms with E-state index in [-0.39, 0.29) is 25.7 Å². The monoisotopic (exact) mass is 1270 g/mol. The van der Waals surface area contributed by atoms with Crippen molar-refractivity contribution >= 4 is 39.5 Å². The summed E-state index contributed by atoms with van der Waals surface area (Å²) in [6.07, 6.45) is 46.1. The highest BCUT2D eigenvalue weighted by atomic mass is 31.2. The van der Waals surface area contributed by atoms with E-state index in [1.165, 1.54) is 161 Å². The molecule has 0 saturated heterocycles. The van der Waals surface area contributed by atoms with E-state index in [9.17, 15) is 43.2 Å². The third-order valence-corrected chi connectivity index (χ3v) is 17.4. The number of hydrogen-bond donors (Lipinski definition) is 3. The molecule has 0 heterocycles. The molecule has 0 aromatic carbocycles. The Kier molecular flexibility index (Phi) is 59.2. The van der Waals surface area contributed by atoms with Crippen molar-refractivity contribution in [1.29, 1.82) is 0 Å². The lowest BCUT2D eigenvalue weighted by Crippen LogP contribution is -2.30. The van der Waals surface area contributed by atoms with Gasteiger partial charge in [0.2, 0.25) is 0 Å². The maximum atomic E-state index is 13.0. The van der Waals surface area contributed by atoms with Crippen LogP contribution in [0.15, 0.2) is 0 Å². The summed E-state index contributed by atoms with van der Waals surface area (Å²) >= 11 is 0. The van der Waals surface area contributed by atoms with Crippen molar-refractivity contribution in [3.05, 3.63) is 0 Å². The summed E-state index contributed by atoms with van der Waals surface area (Å²) in [5.41, 5.74) is 0.